The van der Waals surface area contributed by atoms with E-state index in [4.69, 9.17) is 16.2 Å². The molecular weight excluding hydrogens is 284 g/mol. The van der Waals surface area contributed by atoms with Crippen molar-refractivity contribution < 1.29 is 9.53 Å². The number of thiophene rings is 1. The number of esters is 1. The van der Waals surface area contributed by atoms with Crippen molar-refractivity contribution in [1.82, 2.24) is 0 Å². The highest BCUT2D eigenvalue weighted by molar-refractivity contribution is 7.17. The van der Waals surface area contributed by atoms with E-state index in [2.05, 4.69) is 0 Å². The Hall–Kier alpha value is -2.53. The van der Waals surface area contributed by atoms with Gasteiger partial charge >= 0.3 is 5.97 Å². The number of nitrogen functional groups attached to an aromatic ring is 2. The van der Waals surface area contributed by atoms with Gasteiger partial charge in [0.25, 0.3) is 0 Å². The molecule has 106 valence electrons. The molecule has 0 amide bonds. The average Bonchev–Trinajstić information content (AvgIpc) is 2.88. The first-order chi connectivity index (χ1) is 10.1. The first-order valence-corrected chi connectivity index (χ1v) is 7.30. The van der Waals surface area contributed by atoms with Crippen molar-refractivity contribution in [3.8, 4) is 0 Å². The second-order valence-electron chi connectivity index (χ2n) is 4.68. The van der Waals surface area contributed by atoms with Gasteiger partial charge < -0.3 is 16.2 Å². The van der Waals surface area contributed by atoms with Gasteiger partial charge in [-0.15, -0.1) is 11.3 Å². The summed E-state index contributed by atoms with van der Waals surface area (Å²) in [7, 11) is 0. The molecule has 0 saturated carbocycles. The largest absolute Gasteiger partial charge is 0.457 e. The van der Waals surface area contributed by atoms with Crippen LogP contribution >= 0.6 is 11.3 Å². The molecule has 0 radical (unpaired) electrons. The van der Waals surface area contributed by atoms with E-state index in [0.717, 1.165) is 10.9 Å². The van der Waals surface area contributed by atoms with Crippen LogP contribution in [0.5, 0.6) is 0 Å². The summed E-state index contributed by atoms with van der Waals surface area (Å²) < 4.78 is 6.52. The van der Waals surface area contributed by atoms with Gasteiger partial charge in [-0.25, -0.2) is 4.79 Å². The van der Waals surface area contributed by atoms with E-state index in [1.165, 1.54) is 4.70 Å². The molecule has 0 aliphatic rings. The highest BCUT2D eigenvalue weighted by Crippen LogP contribution is 2.26. The number of carbonyl (C=O) groups is 1. The van der Waals surface area contributed by atoms with Crippen LogP contribution in [0.25, 0.3) is 10.1 Å². The fourth-order valence-corrected chi connectivity index (χ4v) is 3.08. The Labute approximate surface area is 125 Å². The van der Waals surface area contributed by atoms with E-state index in [9.17, 15) is 4.79 Å². The number of carbonyl (C=O) groups excluding carboxylic acids is 1. The Morgan fingerprint density at radius 1 is 1.14 bits per heavy atom. The Kier molecular flexibility index (Phi) is 3.50. The van der Waals surface area contributed by atoms with Crippen LogP contribution in [0, 0.1) is 0 Å². The van der Waals surface area contributed by atoms with E-state index in [1.807, 2.05) is 29.6 Å². The fraction of sp³-hybridized carbons (Fsp3) is 0.0625. The minimum absolute atomic E-state index is 0.229. The standard InChI is InChI=1S/C16H14N2O2S/c17-11-5-6-13(14(18)7-11)16(19)20-8-10-9-21-15-4-2-1-3-12(10)15/h1-7,9H,8,17-18H2. The minimum Gasteiger partial charge on any atom is -0.457 e. The van der Waals surface area contributed by atoms with Gasteiger partial charge in [0.1, 0.15) is 6.61 Å². The molecular formula is C16H14N2O2S. The van der Waals surface area contributed by atoms with E-state index in [0.29, 0.717) is 16.9 Å². The molecule has 4 N–H and O–H groups in total. The molecule has 0 bridgehead atoms. The minimum atomic E-state index is -0.442. The lowest BCUT2D eigenvalue weighted by molar-refractivity contribution is 0.0476. The molecule has 0 aliphatic heterocycles. The lowest BCUT2D eigenvalue weighted by Gasteiger charge is -2.07. The number of benzene rings is 2. The molecule has 2 aromatic carbocycles. The molecule has 0 fully saturated rings. The number of hydrogen-bond donors (Lipinski definition) is 2. The maximum atomic E-state index is 12.1. The Balaban J connectivity index is 1.77. The van der Waals surface area contributed by atoms with Crippen molar-refractivity contribution in [3.63, 3.8) is 0 Å². The molecule has 21 heavy (non-hydrogen) atoms. The average molecular weight is 298 g/mol. The first-order valence-electron chi connectivity index (χ1n) is 6.42. The molecule has 5 heteroatoms. The highest BCUT2D eigenvalue weighted by Gasteiger charge is 2.12. The zero-order chi connectivity index (χ0) is 14.8. The SMILES string of the molecule is Nc1ccc(C(=O)OCc2csc3ccccc23)c(N)c1. The summed E-state index contributed by atoms with van der Waals surface area (Å²) in [6, 6.07) is 12.8. The number of ether oxygens (including phenoxy) is 1. The molecule has 0 saturated heterocycles. The summed E-state index contributed by atoms with van der Waals surface area (Å²) in [6.07, 6.45) is 0. The van der Waals surface area contributed by atoms with Crippen molar-refractivity contribution in [2.24, 2.45) is 0 Å². The van der Waals surface area contributed by atoms with Crippen LogP contribution in [0.1, 0.15) is 15.9 Å². The predicted molar refractivity (Wildman–Crippen MR) is 86.2 cm³/mol. The second kappa shape index (κ2) is 5.46. The van der Waals surface area contributed by atoms with Crippen LogP contribution < -0.4 is 11.5 Å². The van der Waals surface area contributed by atoms with Gasteiger partial charge in [-0.2, -0.15) is 0 Å². The highest BCUT2D eigenvalue weighted by atomic mass is 32.1. The van der Waals surface area contributed by atoms with Gasteiger partial charge in [-0.3, -0.25) is 0 Å². The molecule has 0 spiro atoms. The van der Waals surface area contributed by atoms with Crippen molar-refractivity contribution in [2.45, 2.75) is 6.61 Å². The topological polar surface area (TPSA) is 78.3 Å². The third-order valence-electron chi connectivity index (χ3n) is 3.22. The fourth-order valence-electron chi connectivity index (χ4n) is 2.13. The normalized spacial score (nSPS) is 10.7. The molecule has 0 unspecified atom stereocenters. The zero-order valence-corrected chi connectivity index (χ0v) is 12.0. The zero-order valence-electron chi connectivity index (χ0n) is 11.2. The molecule has 3 rings (SSSR count). The van der Waals surface area contributed by atoms with Crippen LogP contribution in [-0.2, 0) is 11.3 Å². The van der Waals surface area contributed by atoms with Crippen molar-refractivity contribution >= 4 is 38.8 Å². The molecule has 0 aliphatic carbocycles. The predicted octanol–water partition coefficient (Wildman–Crippen LogP) is 3.42. The van der Waals surface area contributed by atoms with Gasteiger partial charge in [0.2, 0.25) is 0 Å². The summed E-state index contributed by atoms with van der Waals surface area (Å²) in [5.74, 6) is -0.442. The van der Waals surface area contributed by atoms with Crippen LogP contribution in [0.3, 0.4) is 0 Å². The number of rotatable bonds is 3. The summed E-state index contributed by atoms with van der Waals surface area (Å²) in [6.45, 7) is 0.229. The van der Waals surface area contributed by atoms with Crippen molar-refractivity contribution in [1.29, 1.82) is 0 Å². The van der Waals surface area contributed by atoms with E-state index in [1.54, 1.807) is 29.5 Å². The van der Waals surface area contributed by atoms with Crippen LogP contribution in [0.4, 0.5) is 11.4 Å². The van der Waals surface area contributed by atoms with E-state index >= 15 is 0 Å². The maximum absolute atomic E-state index is 12.1. The molecule has 1 heterocycles. The molecule has 3 aromatic rings. The Bertz CT molecular complexity index is 811. The van der Waals surface area contributed by atoms with Crippen molar-refractivity contribution in [2.75, 3.05) is 11.5 Å². The Morgan fingerprint density at radius 2 is 1.95 bits per heavy atom. The second-order valence-corrected chi connectivity index (χ2v) is 5.59. The lowest BCUT2D eigenvalue weighted by atomic mass is 10.1. The van der Waals surface area contributed by atoms with Gasteiger partial charge in [0.05, 0.1) is 5.56 Å². The van der Waals surface area contributed by atoms with Gasteiger partial charge in [-0.1, -0.05) is 18.2 Å². The van der Waals surface area contributed by atoms with Crippen molar-refractivity contribution in [3.05, 3.63) is 59.0 Å². The number of fused-ring (bicyclic) bond motifs is 1. The van der Waals surface area contributed by atoms with E-state index in [-0.39, 0.29) is 6.61 Å². The van der Waals surface area contributed by atoms with Crippen LogP contribution in [0.15, 0.2) is 47.8 Å². The van der Waals surface area contributed by atoms with Gasteiger partial charge in [0.15, 0.2) is 0 Å². The quantitative estimate of drug-likeness (QED) is 0.573. The smallest absolute Gasteiger partial charge is 0.340 e. The van der Waals surface area contributed by atoms with Gasteiger partial charge in [-0.05, 0) is 35.0 Å². The third-order valence-corrected chi connectivity index (χ3v) is 4.23. The van der Waals surface area contributed by atoms with Crippen LogP contribution in [0.2, 0.25) is 0 Å². The summed E-state index contributed by atoms with van der Waals surface area (Å²) in [5.41, 5.74) is 13.6. The summed E-state index contributed by atoms with van der Waals surface area (Å²) in [4.78, 5) is 12.1. The summed E-state index contributed by atoms with van der Waals surface area (Å²) >= 11 is 1.63. The first kappa shape index (κ1) is 13.5. The summed E-state index contributed by atoms with van der Waals surface area (Å²) in [5, 5.41) is 3.12. The maximum Gasteiger partial charge on any atom is 0.340 e. The number of hydrogen-bond acceptors (Lipinski definition) is 5. The molecule has 1 aromatic heterocycles. The Morgan fingerprint density at radius 3 is 2.76 bits per heavy atom. The van der Waals surface area contributed by atoms with E-state index < -0.39 is 5.97 Å². The van der Waals surface area contributed by atoms with Crippen LogP contribution in [-0.4, -0.2) is 5.97 Å². The van der Waals surface area contributed by atoms with Gasteiger partial charge in [0, 0.05) is 21.6 Å². The lowest BCUT2D eigenvalue weighted by Crippen LogP contribution is -2.08. The molecule has 4 nitrogen and oxygen atoms in total. The number of nitrogens with two attached hydrogens (primary N) is 2. The molecule has 0 atom stereocenters. The number of anilines is 2. The third kappa shape index (κ3) is 2.68. The monoisotopic (exact) mass is 298 g/mol.